The van der Waals surface area contributed by atoms with Crippen LogP contribution in [0.15, 0.2) is 0 Å². The lowest BCUT2D eigenvalue weighted by atomic mass is 10.4. The van der Waals surface area contributed by atoms with E-state index in [1.54, 1.807) is 0 Å². The largest absolute Gasteiger partial charge is 0.372 e. The van der Waals surface area contributed by atoms with E-state index in [1.807, 2.05) is 0 Å². The van der Waals surface area contributed by atoms with Gasteiger partial charge in [0.25, 0.3) is 0 Å². The molecule has 0 radical (unpaired) electrons. The second kappa shape index (κ2) is 6.43. The maximum absolute atomic E-state index is 8.58. The van der Waals surface area contributed by atoms with E-state index in [9.17, 15) is 0 Å². The fourth-order valence-corrected chi connectivity index (χ4v) is 0.625. The van der Waals surface area contributed by atoms with Crippen LogP contribution >= 0.6 is 0 Å². The van der Waals surface area contributed by atoms with Gasteiger partial charge in [-0.2, -0.15) is 0 Å². The second-order valence-corrected chi connectivity index (χ2v) is 1.59. The molecule has 8 heavy (non-hydrogen) atoms. The highest BCUT2D eigenvalue weighted by molar-refractivity contribution is 5.42. The molecule has 0 aromatic heterocycles. The Morgan fingerprint density at radius 2 is 1.75 bits per heavy atom. The van der Waals surface area contributed by atoms with Crippen molar-refractivity contribution in [1.29, 1.82) is 0 Å². The lowest BCUT2D eigenvalue weighted by Crippen LogP contribution is -2.03. The van der Waals surface area contributed by atoms with E-state index < -0.39 is 0 Å². The number of carbonyl (C=O) groups excluding carboxylic acids is 1. The molecule has 1 rings (SSSR count). The number of primary amides is 1. The molecule has 3 N–H and O–H groups in total. The first-order valence-electron chi connectivity index (χ1n) is 2.78. The van der Waals surface area contributed by atoms with E-state index in [1.165, 1.54) is 25.9 Å². The zero-order chi connectivity index (χ0) is 6.24. The second-order valence-electron chi connectivity index (χ2n) is 1.59. The van der Waals surface area contributed by atoms with Gasteiger partial charge in [0.05, 0.1) is 0 Å². The third-order valence-corrected chi connectivity index (χ3v) is 0.957. The Hall–Kier alpha value is -0.570. The van der Waals surface area contributed by atoms with E-state index in [-0.39, 0.29) is 6.41 Å². The summed E-state index contributed by atoms with van der Waals surface area (Å²) in [7, 11) is 0. The van der Waals surface area contributed by atoms with Crippen LogP contribution in [-0.4, -0.2) is 19.5 Å². The van der Waals surface area contributed by atoms with Crippen LogP contribution in [0.4, 0.5) is 0 Å². The van der Waals surface area contributed by atoms with Crippen molar-refractivity contribution in [2.75, 3.05) is 13.1 Å². The molecule has 0 aromatic rings. The molecule has 0 spiro atoms. The molecule has 48 valence electrons. The highest BCUT2D eigenvalue weighted by atomic mass is 16.1. The maximum atomic E-state index is 8.58. The quantitative estimate of drug-likeness (QED) is 0.418. The molecule has 0 aromatic carbocycles. The van der Waals surface area contributed by atoms with Crippen molar-refractivity contribution in [3.63, 3.8) is 0 Å². The van der Waals surface area contributed by atoms with Crippen molar-refractivity contribution in [2.45, 2.75) is 12.8 Å². The summed E-state index contributed by atoms with van der Waals surface area (Å²) in [6, 6.07) is 0. The van der Waals surface area contributed by atoms with Crippen LogP contribution in [0.1, 0.15) is 12.8 Å². The van der Waals surface area contributed by atoms with Crippen molar-refractivity contribution < 1.29 is 4.79 Å². The SMILES string of the molecule is C1CCNC1.NC=O. The number of hydrogen-bond acceptors (Lipinski definition) is 2. The van der Waals surface area contributed by atoms with Crippen LogP contribution in [0.3, 0.4) is 0 Å². The van der Waals surface area contributed by atoms with Gasteiger partial charge in [0.1, 0.15) is 0 Å². The first-order chi connectivity index (χ1) is 3.91. The normalized spacial score (nSPS) is 16.5. The molecule has 0 atom stereocenters. The Labute approximate surface area is 49.3 Å². The van der Waals surface area contributed by atoms with E-state index in [2.05, 4.69) is 11.1 Å². The zero-order valence-electron chi connectivity index (χ0n) is 4.89. The van der Waals surface area contributed by atoms with Gasteiger partial charge < -0.3 is 11.1 Å². The van der Waals surface area contributed by atoms with E-state index >= 15 is 0 Å². The standard InChI is InChI=1S/C4H9N.CH3NO/c1-2-4-5-3-1;2-1-3/h5H,1-4H2;1H,(H2,2,3). The third kappa shape index (κ3) is 5.43. The molecule has 0 aliphatic carbocycles. The fraction of sp³-hybridized carbons (Fsp3) is 0.800. The molecule has 3 heteroatoms. The molecule has 0 bridgehead atoms. The summed E-state index contributed by atoms with van der Waals surface area (Å²) in [4.78, 5) is 8.58. The van der Waals surface area contributed by atoms with Crippen molar-refractivity contribution in [3.05, 3.63) is 0 Å². The minimum absolute atomic E-state index is 0.250. The highest BCUT2D eigenvalue weighted by Gasteiger charge is 1.93. The number of nitrogens with one attached hydrogen (secondary N) is 1. The Bertz CT molecular complexity index is 44.8. The molecule has 1 aliphatic rings. The van der Waals surface area contributed by atoms with Gasteiger partial charge >= 0.3 is 0 Å². The summed E-state index contributed by atoms with van der Waals surface area (Å²) in [6.45, 7) is 2.50. The van der Waals surface area contributed by atoms with E-state index in [0.717, 1.165) is 0 Å². The lowest BCUT2D eigenvalue weighted by molar-refractivity contribution is -0.106. The molecule has 1 aliphatic heterocycles. The first-order valence-corrected chi connectivity index (χ1v) is 2.78. The van der Waals surface area contributed by atoms with Gasteiger partial charge in [0.2, 0.25) is 6.41 Å². The van der Waals surface area contributed by atoms with Gasteiger partial charge in [0, 0.05) is 0 Å². The molecule has 1 amide bonds. The molecule has 3 nitrogen and oxygen atoms in total. The Balaban J connectivity index is 0.000000145. The van der Waals surface area contributed by atoms with Crippen LogP contribution in [0.25, 0.3) is 0 Å². The van der Waals surface area contributed by atoms with Gasteiger partial charge in [-0.05, 0) is 25.9 Å². The average Bonchev–Trinajstić information content (AvgIpc) is 2.17. The van der Waals surface area contributed by atoms with Crippen molar-refractivity contribution >= 4 is 6.41 Å². The van der Waals surface area contributed by atoms with Gasteiger partial charge in [-0.25, -0.2) is 0 Å². The summed E-state index contributed by atoms with van der Waals surface area (Å²) in [6.07, 6.45) is 3.03. The van der Waals surface area contributed by atoms with Gasteiger partial charge in [-0.3, -0.25) is 4.79 Å². The lowest BCUT2D eigenvalue weighted by Gasteiger charge is -1.76. The third-order valence-electron chi connectivity index (χ3n) is 0.957. The minimum atomic E-state index is 0.250. The molecule has 1 fully saturated rings. The Kier molecular flexibility index (Phi) is 5.97. The minimum Gasteiger partial charge on any atom is -0.372 e. The predicted octanol–water partition coefficient (Wildman–Crippen LogP) is -0.529. The average molecular weight is 116 g/mol. The Morgan fingerprint density at radius 1 is 1.38 bits per heavy atom. The van der Waals surface area contributed by atoms with E-state index in [0.29, 0.717) is 0 Å². The van der Waals surface area contributed by atoms with Crippen LogP contribution in [0, 0.1) is 0 Å². The topological polar surface area (TPSA) is 55.1 Å². The van der Waals surface area contributed by atoms with Crippen molar-refractivity contribution in [2.24, 2.45) is 5.73 Å². The van der Waals surface area contributed by atoms with Crippen LogP contribution < -0.4 is 11.1 Å². The van der Waals surface area contributed by atoms with Gasteiger partial charge in [-0.15, -0.1) is 0 Å². The van der Waals surface area contributed by atoms with Crippen molar-refractivity contribution in [3.8, 4) is 0 Å². The molecular formula is C5H12N2O. The monoisotopic (exact) mass is 116 g/mol. The van der Waals surface area contributed by atoms with Gasteiger partial charge in [-0.1, -0.05) is 0 Å². The zero-order valence-corrected chi connectivity index (χ0v) is 4.89. The summed E-state index contributed by atoms with van der Waals surface area (Å²) < 4.78 is 0. The fourth-order valence-electron chi connectivity index (χ4n) is 0.625. The summed E-state index contributed by atoms with van der Waals surface area (Å²) >= 11 is 0. The maximum Gasteiger partial charge on any atom is 0.204 e. The number of carbonyl (C=O) groups is 1. The Morgan fingerprint density at radius 3 is 1.88 bits per heavy atom. The van der Waals surface area contributed by atoms with Gasteiger partial charge in [0.15, 0.2) is 0 Å². The number of amides is 1. The highest BCUT2D eigenvalue weighted by Crippen LogP contribution is 1.90. The summed E-state index contributed by atoms with van der Waals surface area (Å²) in [5.74, 6) is 0. The molecule has 1 saturated heterocycles. The number of nitrogens with two attached hydrogens (primary N) is 1. The molecular weight excluding hydrogens is 104 g/mol. The van der Waals surface area contributed by atoms with Crippen LogP contribution in [0.2, 0.25) is 0 Å². The first kappa shape index (κ1) is 7.43. The van der Waals surface area contributed by atoms with Crippen LogP contribution in [-0.2, 0) is 4.79 Å². The summed E-state index contributed by atoms with van der Waals surface area (Å²) in [5.41, 5.74) is 4.17. The number of rotatable bonds is 0. The number of hydrogen-bond donors (Lipinski definition) is 2. The predicted molar refractivity (Wildman–Crippen MR) is 32.4 cm³/mol. The molecule has 1 heterocycles. The van der Waals surface area contributed by atoms with E-state index in [4.69, 9.17) is 4.79 Å². The summed E-state index contributed by atoms with van der Waals surface area (Å²) in [5, 5.41) is 3.22. The molecule has 0 unspecified atom stereocenters. The molecule has 0 saturated carbocycles. The van der Waals surface area contributed by atoms with Crippen molar-refractivity contribution in [1.82, 2.24) is 5.32 Å². The smallest absolute Gasteiger partial charge is 0.204 e. The van der Waals surface area contributed by atoms with Crippen LogP contribution in [0.5, 0.6) is 0 Å².